The Balaban J connectivity index is 1.47. The molecular formula is C27H23N5O3S. The fraction of sp³-hybridized carbons (Fsp3) is 0.148. The van der Waals surface area contributed by atoms with Crippen LogP contribution < -0.4 is 10.9 Å². The quantitative estimate of drug-likeness (QED) is 0.272. The standard InChI is InChI=1S/C27H23N5O3S/c1-17-12-13-18(2)22(14-17)31-25(35)20-10-6-7-11-21(20)32-26(31)29-30-27(32)36-16-24(34)28-15-23(33)19-8-4-3-5-9-19/h3-14H,15-16H2,1-2H3,(H,28,34). The minimum atomic E-state index is -0.298. The van der Waals surface area contributed by atoms with Crippen molar-refractivity contribution < 1.29 is 9.59 Å². The Bertz CT molecular complexity index is 1670. The average Bonchev–Trinajstić information content (AvgIpc) is 3.32. The van der Waals surface area contributed by atoms with Crippen molar-refractivity contribution in [3.63, 3.8) is 0 Å². The van der Waals surface area contributed by atoms with E-state index in [1.54, 1.807) is 39.3 Å². The van der Waals surface area contributed by atoms with Crippen LogP contribution in [0.3, 0.4) is 0 Å². The second-order valence-corrected chi connectivity index (χ2v) is 9.36. The van der Waals surface area contributed by atoms with E-state index in [9.17, 15) is 14.4 Å². The lowest BCUT2D eigenvalue weighted by Gasteiger charge is -2.14. The van der Waals surface area contributed by atoms with Crippen molar-refractivity contribution >= 4 is 40.1 Å². The molecule has 5 aromatic rings. The Morgan fingerprint density at radius 2 is 1.69 bits per heavy atom. The molecule has 1 amide bonds. The number of hydrogen-bond donors (Lipinski definition) is 1. The predicted octanol–water partition coefficient (Wildman–Crippen LogP) is 3.74. The number of nitrogens with one attached hydrogen (secondary N) is 1. The molecule has 0 radical (unpaired) electrons. The van der Waals surface area contributed by atoms with Crippen LogP contribution in [0.15, 0.2) is 82.7 Å². The molecule has 8 nitrogen and oxygen atoms in total. The van der Waals surface area contributed by atoms with Crippen LogP contribution in [0.5, 0.6) is 0 Å². The molecule has 3 aromatic carbocycles. The van der Waals surface area contributed by atoms with E-state index in [-0.39, 0.29) is 29.5 Å². The van der Waals surface area contributed by atoms with Gasteiger partial charge in [0.15, 0.2) is 10.9 Å². The van der Waals surface area contributed by atoms with Gasteiger partial charge in [-0.2, -0.15) is 0 Å². The summed E-state index contributed by atoms with van der Waals surface area (Å²) in [6, 6.07) is 22.0. The fourth-order valence-electron chi connectivity index (χ4n) is 4.04. The number of aryl methyl sites for hydroxylation is 2. The predicted molar refractivity (Wildman–Crippen MR) is 140 cm³/mol. The first-order chi connectivity index (χ1) is 17.4. The maximum absolute atomic E-state index is 13.5. The van der Waals surface area contributed by atoms with Crippen molar-refractivity contribution in [1.82, 2.24) is 24.5 Å². The van der Waals surface area contributed by atoms with Gasteiger partial charge in [-0.25, -0.2) is 4.57 Å². The summed E-state index contributed by atoms with van der Waals surface area (Å²) < 4.78 is 3.37. The Labute approximate surface area is 211 Å². The number of carbonyl (C=O) groups is 2. The number of aromatic nitrogens is 4. The topological polar surface area (TPSA) is 98.4 Å². The molecule has 0 bridgehead atoms. The van der Waals surface area contributed by atoms with Gasteiger partial charge in [0.25, 0.3) is 5.56 Å². The zero-order valence-corrected chi connectivity index (χ0v) is 20.6. The van der Waals surface area contributed by atoms with Gasteiger partial charge < -0.3 is 5.32 Å². The number of nitrogens with zero attached hydrogens (tertiary/aromatic N) is 4. The van der Waals surface area contributed by atoms with Gasteiger partial charge in [-0.15, -0.1) is 10.2 Å². The van der Waals surface area contributed by atoms with E-state index in [2.05, 4.69) is 15.5 Å². The number of thioether (sulfide) groups is 1. The highest BCUT2D eigenvalue weighted by Gasteiger charge is 2.19. The smallest absolute Gasteiger partial charge is 0.267 e. The Morgan fingerprint density at radius 3 is 2.50 bits per heavy atom. The van der Waals surface area contributed by atoms with Gasteiger partial charge in [0.05, 0.1) is 28.9 Å². The van der Waals surface area contributed by atoms with Crippen LogP contribution in [0, 0.1) is 13.8 Å². The molecule has 0 fully saturated rings. The van der Waals surface area contributed by atoms with E-state index >= 15 is 0 Å². The maximum atomic E-state index is 13.5. The van der Waals surface area contributed by atoms with E-state index in [0.29, 0.717) is 27.4 Å². The summed E-state index contributed by atoms with van der Waals surface area (Å²) >= 11 is 1.19. The Morgan fingerprint density at radius 1 is 0.944 bits per heavy atom. The minimum absolute atomic E-state index is 0.0415. The van der Waals surface area contributed by atoms with Crippen LogP contribution in [0.1, 0.15) is 21.5 Å². The van der Waals surface area contributed by atoms with Crippen LogP contribution >= 0.6 is 11.8 Å². The number of ketones is 1. The summed E-state index contributed by atoms with van der Waals surface area (Å²) in [6.45, 7) is 3.83. The summed E-state index contributed by atoms with van der Waals surface area (Å²) in [5, 5.41) is 12.3. The number of para-hydroxylation sites is 1. The lowest BCUT2D eigenvalue weighted by molar-refractivity contribution is -0.118. The van der Waals surface area contributed by atoms with E-state index in [4.69, 9.17) is 0 Å². The van der Waals surface area contributed by atoms with Crippen LogP contribution in [-0.2, 0) is 4.79 Å². The zero-order valence-electron chi connectivity index (χ0n) is 19.8. The summed E-state index contributed by atoms with van der Waals surface area (Å²) in [7, 11) is 0. The molecule has 2 aromatic heterocycles. The Hall–Kier alpha value is -4.24. The second-order valence-electron chi connectivity index (χ2n) is 8.42. The molecule has 1 N–H and O–H groups in total. The molecular weight excluding hydrogens is 474 g/mol. The van der Waals surface area contributed by atoms with Gasteiger partial charge in [-0.05, 0) is 43.2 Å². The molecule has 0 unspecified atom stereocenters. The number of carbonyl (C=O) groups excluding carboxylic acids is 2. The molecule has 0 aliphatic heterocycles. The third-order valence-corrected chi connectivity index (χ3v) is 6.80. The third-order valence-electron chi connectivity index (χ3n) is 5.87. The first-order valence-electron chi connectivity index (χ1n) is 11.4. The highest BCUT2D eigenvalue weighted by Crippen LogP contribution is 2.24. The Kier molecular flexibility index (Phi) is 6.39. The zero-order chi connectivity index (χ0) is 25.2. The highest BCUT2D eigenvalue weighted by atomic mass is 32.2. The van der Waals surface area contributed by atoms with Crippen LogP contribution in [0.4, 0.5) is 0 Å². The lowest BCUT2D eigenvalue weighted by Crippen LogP contribution is -2.30. The van der Waals surface area contributed by atoms with Crippen molar-refractivity contribution in [2.75, 3.05) is 12.3 Å². The summed E-state index contributed by atoms with van der Waals surface area (Å²) in [5.74, 6) is -0.0482. The molecule has 0 saturated carbocycles. The first kappa shape index (κ1) is 23.5. The first-order valence-corrected chi connectivity index (χ1v) is 12.4. The fourth-order valence-corrected chi connectivity index (χ4v) is 4.81. The van der Waals surface area contributed by atoms with Gasteiger partial charge in [0.2, 0.25) is 11.7 Å². The number of fused-ring (bicyclic) bond motifs is 3. The van der Waals surface area contributed by atoms with E-state index < -0.39 is 0 Å². The summed E-state index contributed by atoms with van der Waals surface area (Å²) in [6.07, 6.45) is 0. The van der Waals surface area contributed by atoms with E-state index in [1.165, 1.54) is 11.8 Å². The van der Waals surface area contributed by atoms with Gasteiger partial charge in [0.1, 0.15) is 0 Å². The molecule has 0 atom stereocenters. The molecule has 5 rings (SSSR count). The highest BCUT2D eigenvalue weighted by molar-refractivity contribution is 7.99. The van der Waals surface area contributed by atoms with Crippen molar-refractivity contribution in [1.29, 1.82) is 0 Å². The van der Waals surface area contributed by atoms with Crippen molar-refractivity contribution in [2.45, 2.75) is 19.0 Å². The van der Waals surface area contributed by atoms with Crippen LogP contribution in [0.25, 0.3) is 22.4 Å². The number of Topliss-reactive ketones (excluding diaryl/α,β-unsaturated/α-hetero) is 1. The molecule has 0 aliphatic carbocycles. The number of amides is 1. The minimum Gasteiger partial charge on any atom is -0.348 e. The molecule has 0 saturated heterocycles. The third kappa shape index (κ3) is 4.40. The average molecular weight is 498 g/mol. The summed E-state index contributed by atoms with van der Waals surface area (Å²) in [5.41, 5.74) is 3.70. The van der Waals surface area contributed by atoms with Gasteiger partial charge in [-0.3, -0.25) is 18.8 Å². The molecule has 9 heteroatoms. The molecule has 180 valence electrons. The molecule has 0 aliphatic rings. The largest absolute Gasteiger partial charge is 0.348 e. The SMILES string of the molecule is Cc1ccc(C)c(-n2c(=O)c3ccccc3n3c(SCC(=O)NCC(=O)c4ccccc4)nnc23)c1. The maximum Gasteiger partial charge on any atom is 0.267 e. The monoisotopic (exact) mass is 497 g/mol. The number of benzene rings is 3. The number of hydrogen-bond acceptors (Lipinski definition) is 6. The van der Waals surface area contributed by atoms with Crippen LogP contribution in [0.2, 0.25) is 0 Å². The molecule has 0 spiro atoms. The van der Waals surface area contributed by atoms with Crippen molar-refractivity contribution in [2.24, 2.45) is 0 Å². The van der Waals surface area contributed by atoms with Crippen molar-refractivity contribution in [3.05, 3.63) is 99.8 Å². The van der Waals surface area contributed by atoms with Gasteiger partial charge in [-0.1, -0.05) is 66.4 Å². The van der Waals surface area contributed by atoms with Crippen LogP contribution in [-0.4, -0.2) is 43.2 Å². The van der Waals surface area contributed by atoms with Crippen molar-refractivity contribution in [3.8, 4) is 5.69 Å². The van der Waals surface area contributed by atoms with Gasteiger partial charge in [0, 0.05) is 5.56 Å². The normalized spacial score (nSPS) is 11.2. The van der Waals surface area contributed by atoms with E-state index in [0.717, 1.165) is 16.8 Å². The van der Waals surface area contributed by atoms with Gasteiger partial charge >= 0.3 is 0 Å². The molecule has 36 heavy (non-hydrogen) atoms. The second kappa shape index (κ2) is 9.79. The van der Waals surface area contributed by atoms with E-state index in [1.807, 2.05) is 56.3 Å². The number of rotatable bonds is 7. The summed E-state index contributed by atoms with van der Waals surface area (Å²) in [4.78, 5) is 38.3. The molecule has 2 heterocycles. The lowest BCUT2D eigenvalue weighted by atomic mass is 10.1.